The molecular formula is C13H15N3O3. The molecule has 6 heteroatoms. The van der Waals surface area contributed by atoms with Gasteiger partial charge in [0.15, 0.2) is 0 Å². The molecule has 2 atom stereocenters. The maximum Gasteiger partial charge on any atom is 0.287 e. The molecule has 0 aliphatic heterocycles. The number of nitrogens with zero attached hydrogens (tertiary/aromatic N) is 2. The molecule has 6 nitrogen and oxygen atoms in total. The van der Waals surface area contributed by atoms with Crippen molar-refractivity contribution >= 4 is 11.4 Å². The summed E-state index contributed by atoms with van der Waals surface area (Å²) in [6, 6.07) is 6.26. The van der Waals surface area contributed by atoms with Crippen LogP contribution in [-0.2, 0) is 0 Å². The number of nitrogens with one attached hydrogen (secondary N) is 1. The van der Waals surface area contributed by atoms with E-state index in [1.54, 1.807) is 6.07 Å². The molecule has 2 N–H and O–H groups in total. The molecule has 1 aromatic rings. The molecule has 100 valence electrons. The van der Waals surface area contributed by atoms with Gasteiger partial charge in [0.1, 0.15) is 11.6 Å². The van der Waals surface area contributed by atoms with E-state index in [2.05, 4.69) is 5.32 Å². The second kappa shape index (κ2) is 5.67. The van der Waals surface area contributed by atoms with Crippen LogP contribution in [0.3, 0.4) is 0 Å². The summed E-state index contributed by atoms with van der Waals surface area (Å²) in [6.07, 6.45) is 2.38. The summed E-state index contributed by atoms with van der Waals surface area (Å²) in [5, 5.41) is 32.2. The number of hydrogen-bond donors (Lipinski definition) is 2. The summed E-state index contributed by atoms with van der Waals surface area (Å²) in [4.78, 5) is 10.1. The highest BCUT2D eigenvalue weighted by Gasteiger charge is 2.22. The summed E-state index contributed by atoms with van der Waals surface area (Å²) >= 11 is 0. The summed E-state index contributed by atoms with van der Waals surface area (Å²) in [5.41, 5.74) is 0.578. The van der Waals surface area contributed by atoms with E-state index >= 15 is 0 Å². The van der Waals surface area contributed by atoms with Crippen LogP contribution in [0, 0.1) is 27.4 Å². The van der Waals surface area contributed by atoms with Gasteiger partial charge in [-0.1, -0.05) is 0 Å². The zero-order valence-corrected chi connectivity index (χ0v) is 10.4. The fraction of sp³-hybridized carbons (Fsp3) is 0.462. The summed E-state index contributed by atoms with van der Waals surface area (Å²) in [5.74, 6) is 0.413. The number of benzene rings is 1. The van der Waals surface area contributed by atoms with Crippen molar-refractivity contribution < 1.29 is 10.0 Å². The number of anilines is 1. The molecule has 0 saturated heterocycles. The lowest BCUT2D eigenvalue weighted by molar-refractivity contribution is -0.385. The Hall–Kier alpha value is -2.13. The predicted octanol–water partition coefficient (Wildman–Crippen LogP) is 2.04. The SMILES string of the molecule is N#Cc1cc(NCC2CCC(O)C2)ccc1[N+](=O)[O-]. The van der Waals surface area contributed by atoms with Crippen molar-refractivity contribution in [3.8, 4) is 6.07 Å². The number of hydrogen-bond acceptors (Lipinski definition) is 5. The molecule has 1 aliphatic carbocycles. The molecule has 19 heavy (non-hydrogen) atoms. The minimum atomic E-state index is -0.560. The smallest absolute Gasteiger partial charge is 0.287 e. The molecule has 1 saturated carbocycles. The van der Waals surface area contributed by atoms with Gasteiger partial charge < -0.3 is 10.4 Å². The molecule has 0 spiro atoms. The molecule has 0 heterocycles. The number of nitriles is 1. The molecule has 0 bridgehead atoms. The molecule has 2 rings (SSSR count). The van der Waals surface area contributed by atoms with Crippen LogP contribution in [0.25, 0.3) is 0 Å². The minimum absolute atomic E-state index is 0.0569. The number of aliphatic hydroxyl groups excluding tert-OH is 1. The average Bonchev–Trinajstić information content (AvgIpc) is 2.81. The van der Waals surface area contributed by atoms with Crippen molar-refractivity contribution in [1.29, 1.82) is 5.26 Å². The van der Waals surface area contributed by atoms with Crippen LogP contribution < -0.4 is 5.32 Å². The first kappa shape index (κ1) is 13.3. The van der Waals surface area contributed by atoms with Crippen molar-refractivity contribution in [2.45, 2.75) is 25.4 Å². The van der Waals surface area contributed by atoms with E-state index in [4.69, 9.17) is 5.26 Å². The Balaban J connectivity index is 2.02. The van der Waals surface area contributed by atoms with Crippen LogP contribution in [0.2, 0.25) is 0 Å². The molecule has 0 radical (unpaired) electrons. The van der Waals surface area contributed by atoms with Gasteiger partial charge in [0.25, 0.3) is 5.69 Å². The van der Waals surface area contributed by atoms with Gasteiger partial charge >= 0.3 is 0 Å². The third-order valence-electron chi connectivity index (χ3n) is 3.42. The zero-order chi connectivity index (χ0) is 13.8. The second-order valence-electron chi connectivity index (χ2n) is 4.81. The summed E-state index contributed by atoms with van der Waals surface area (Å²) in [7, 11) is 0. The highest BCUT2D eigenvalue weighted by Crippen LogP contribution is 2.27. The summed E-state index contributed by atoms with van der Waals surface area (Å²) in [6.45, 7) is 0.708. The Bertz CT molecular complexity index is 524. The Labute approximate surface area is 110 Å². The van der Waals surface area contributed by atoms with E-state index in [0.717, 1.165) is 19.3 Å². The summed E-state index contributed by atoms with van der Waals surface area (Å²) < 4.78 is 0. The van der Waals surface area contributed by atoms with E-state index in [1.165, 1.54) is 12.1 Å². The third kappa shape index (κ3) is 3.20. The molecule has 0 aromatic heterocycles. The number of aliphatic hydroxyl groups is 1. The Morgan fingerprint density at radius 3 is 2.89 bits per heavy atom. The zero-order valence-electron chi connectivity index (χ0n) is 10.4. The lowest BCUT2D eigenvalue weighted by Gasteiger charge is -2.12. The van der Waals surface area contributed by atoms with Crippen molar-refractivity contribution in [3.63, 3.8) is 0 Å². The van der Waals surface area contributed by atoms with Crippen LogP contribution in [0.1, 0.15) is 24.8 Å². The second-order valence-corrected chi connectivity index (χ2v) is 4.81. The van der Waals surface area contributed by atoms with Crippen molar-refractivity contribution in [2.24, 2.45) is 5.92 Å². The fourth-order valence-corrected chi connectivity index (χ4v) is 2.39. The third-order valence-corrected chi connectivity index (χ3v) is 3.42. The van der Waals surface area contributed by atoms with Gasteiger partial charge in [0.2, 0.25) is 0 Å². The van der Waals surface area contributed by atoms with Gasteiger partial charge in [-0.15, -0.1) is 0 Å². The first-order chi connectivity index (χ1) is 9.10. The minimum Gasteiger partial charge on any atom is -0.393 e. The van der Waals surface area contributed by atoms with Crippen LogP contribution in [0.5, 0.6) is 0 Å². The Morgan fingerprint density at radius 2 is 2.32 bits per heavy atom. The molecule has 2 unspecified atom stereocenters. The highest BCUT2D eigenvalue weighted by atomic mass is 16.6. The molecule has 0 amide bonds. The Kier molecular flexibility index (Phi) is 3.97. The van der Waals surface area contributed by atoms with Crippen molar-refractivity contribution in [1.82, 2.24) is 0 Å². The van der Waals surface area contributed by atoms with E-state index < -0.39 is 4.92 Å². The first-order valence-electron chi connectivity index (χ1n) is 6.20. The maximum atomic E-state index is 10.7. The monoisotopic (exact) mass is 261 g/mol. The highest BCUT2D eigenvalue weighted by molar-refractivity contribution is 5.58. The van der Waals surface area contributed by atoms with Crippen LogP contribution >= 0.6 is 0 Å². The van der Waals surface area contributed by atoms with E-state index in [-0.39, 0.29) is 17.4 Å². The van der Waals surface area contributed by atoms with E-state index in [1.807, 2.05) is 6.07 Å². The predicted molar refractivity (Wildman–Crippen MR) is 69.6 cm³/mol. The lowest BCUT2D eigenvalue weighted by Crippen LogP contribution is -2.12. The quantitative estimate of drug-likeness (QED) is 0.638. The standard InChI is InChI=1S/C13H15N3O3/c14-7-10-6-11(2-4-13(10)16(18)19)15-8-9-1-3-12(17)5-9/h2,4,6,9,12,15,17H,1,3,5,8H2. The molecule has 1 fully saturated rings. The topological polar surface area (TPSA) is 99.2 Å². The van der Waals surface area contributed by atoms with Gasteiger partial charge in [-0.3, -0.25) is 10.1 Å². The number of nitro benzene ring substituents is 1. The van der Waals surface area contributed by atoms with Crippen LogP contribution in [-0.4, -0.2) is 22.7 Å². The van der Waals surface area contributed by atoms with Gasteiger partial charge in [-0.25, -0.2) is 0 Å². The number of rotatable bonds is 4. The molecule has 1 aromatic carbocycles. The molecule has 1 aliphatic rings. The van der Waals surface area contributed by atoms with Crippen molar-refractivity contribution in [3.05, 3.63) is 33.9 Å². The van der Waals surface area contributed by atoms with Crippen LogP contribution in [0.4, 0.5) is 11.4 Å². The fourth-order valence-electron chi connectivity index (χ4n) is 2.39. The van der Waals surface area contributed by atoms with E-state index in [9.17, 15) is 15.2 Å². The largest absolute Gasteiger partial charge is 0.393 e. The van der Waals surface area contributed by atoms with Crippen LogP contribution in [0.15, 0.2) is 18.2 Å². The average molecular weight is 261 g/mol. The maximum absolute atomic E-state index is 10.7. The normalized spacial score (nSPS) is 21.9. The Morgan fingerprint density at radius 1 is 1.53 bits per heavy atom. The lowest BCUT2D eigenvalue weighted by atomic mass is 10.1. The van der Waals surface area contributed by atoms with Gasteiger partial charge in [-0.2, -0.15) is 5.26 Å². The van der Waals surface area contributed by atoms with Crippen molar-refractivity contribution in [2.75, 3.05) is 11.9 Å². The molecular weight excluding hydrogens is 246 g/mol. The van der Waals surface area contributed by atoms with Gasteiger partial charge in [0.05, 0.1) is 11.0 Å². The first-order valence-corrected chi connectivity index (χ1v) is 6.20. The van der Waals surface area contributed by atoms with Gasteiger partial charge in [-0.05, 0) is 37.3 Å². The van der Waals surface area contributed by atoms with Gasteiger partial charge in [0, 0.05) is 18.3 Å². The van der Waals surface area contributed by atoms with E-state index in [0.29, 0.717) is 18.2 Å². The number of nitro groups is 1.